The molecule has 1 spiro atoms. The molecule has 0 saturated carbocycles. The van der Waals surface area contributed by atoms with Gasteiger partial charge in [0.05, 0.1) is 23.8 Å². The third-order valence-electron chi connectivity index (χ3n) is 9.21. The molecule has 0 amide bonds. The van der Waals surface area contributed by atoms with Gasteiger partial charge in [0, 0.05) is 69.1 Å². The number of hydrogen-bond acceptors (Lipinski definition) is 7. The Labute approximate surface area is 239 Å². The second kappa shape index (κ2) is 10.6. The summed E-state index contributed by atoms with van der Waals surface area (Å²) in [4.78, 5) is 24.1. The number of likely N-dealkylation sites (N-methyl/N-ethyl adjacent to an activating group) is 1. The predicted octanol–water partition coefficient (Wildman–Crippen LogP) is 3.47. The van der Waals surface area contributed by atoms with Gasteiger partial charge in [-0.3, -0.25) is 14.7 Å². The highest BCUT2D eigenvalue weighted by Gasteiger charge is 2.42. The van der Waals surface area contributed by atoms with Crippen LogP contribution in [0.15, 0.2) is 76.7 Å². The van der Waals surface area contributed by atoms with E-state index in [0.717, 1.165) is 70.2 Å². The highest BCUT2D eigenvalue weighted by Crippen LogP contribution is 2.42. The van der Waals surface area contributed by atoms with Crippen LogP contribution in [0.2, 0.25) is 0 Å². The van der Waals surface area contributed by atoms with E-state index in [4.69, 9.17) is 9.47 Å². The topological polar surface area (TPSA) is 63.1 Å². The smallest absolute Gasteiger partial charge is 0.251 e. The first-order valence-electron chi connectivity index (χ1n) is 14.6. The molecule has 41 heavy (non-hydrogen) atoms. The molecule has 0 radical (unpaired) electrons. The Morgan fingerprint density at radius 2 is 1.83 bits per heavy atom. The molecule has 0 bridgehead atoms. The summed E-state index contributed by atoms with van der Waals surface area (Å²) in [5.41, 5.74) is 5.33. The van der Waals surface area contributed by atoms with Crippen LogP contribution in [0.25, 0.3) is 11.0 Å². The zero-order valence-corrected chi connectivity index (χ0v) is 23.5. The molecule has 1 saturated heterocycles. The van der Waals surface area contributed by atoms with Crippen molar-refractivity contribution in [2.24, 2.45) is 0 Å². The maximum absolute atomic E-state index is 13.9. The minimum atomic E-state index is -0.427. The fourth-order valence-electron chi connectivity index (χ4n) is 7.03. The molecule has 6 heterocycles. The molecular weight excluding hydrogens is 521 g/mol. The number of nitrogens with zero attached hydrogens (tertiary/aromatic N) is 5. The number of aromatic nitrogens is 2. The highest BCUT2D eigenvalue weighted by molar-refractivity contribution is 5.74. The number of ether oxygens (including phenoxy) is 2. The molecule has 1 fully saturated rings. The van der Waals surface area contributed by atoms with E-state index in [-0.39, 0.29) is 11.0 Å². The van der Waals surface area contributed by atoms with Crippen LogP contribution in [-0.4, -0.2) is 83.8 Å². The van der Waals surface area contributed by atoms with E-state index in [1.54, 1.807) is 10.6 Å². The van der Waals surface area contributed by atoms with E-state index in [1.165, 1.54) is 35.2 Å². The first-order valence-corrected chi connectivity index (χ1v) is 14.6. The lowest BCUT2D eigenvalue weighted by Gasteiger charge is -2.49. The maximum Gasteiger partial charge on any atom is 0.251 e. The fraction of sp³-hybridized carbons (Fsp3) is 0.438. The second-order valence-electron chi connectivity index (χ2n) is 11.8. The molecule has 4 aliphatic rings. The summed E-state index contributed by atoms with van der Waals surface area (Å²) in [5, 5.41) is 0. The molecule has 3 aromatic rings. The molecule has 9 heteroatoms. The fourth-order valence-corrected chi connectivity index (χ4v) is 7.03. The van der Waals surface area contributed by atoms with E-state index in [2.05, 4.69) is 57.1 Å². The van der Waals surface area contributed by atoms with Gasteiger partial charge in [-0.2, -0.15) is 0 Å². The minimum absolute atomic E-state index is 0.0946. The second-order valence-corrected chi connectivity index (χ2v) is 11.8. The van der Waals surface area contributed by atoms with Crippen LogP contribution in [0.1, 0.15) is 24.0 Å². The summed E-state index contributed by atoms with van der Waals surface area (Å²) in [6.07, 6.45) is 5.47. The Morgan fingerprint density at radius 3 is 2.71 bits per heavy atom. The summed E-state index contributed by atoms with van der Waals surface area (Å²) < 4.78 is 27.3. The highest BCUT2D eigenvalue weighted by atomic mass is 19.1. The van der Waals surface area contributed by atoms with Crippen LogP contribution >= 0.6 is 0 Å². The molecular formula is C32H36FN5O3. The molecule has 0 aliphatic carbocycles. The molecule has 0 N–H and O–H groups in total. The van der Waals surface area contributed by atoms with Gasteiger partial charge in [0.2, 0.25) is 0 Å². The van der Waals surface area contributed by atoms with Crippen LogP contribution in [-0.2, 0) is 28.0 Å². The molecule has 1 aromatic carbocycles. The Balaban J connectivity index is 1.07. The number of halogens is 1. The van der Waals surface area contributed by atoms with Gasteiger partial charge in [-0.15, -0.1) is 0 Å². The molecule has 4 aliphatic heterocycles. The lowest BCUT2D eigenvalue weighted by Crippen LogP contribution is -2.53. The number of pyridine rings is 2. The lowest BCUT2D eigenvalue weighted by atomic mass is 9.69. The van der Waals surface area contributed by atoms with Gasteiger partial charge < -0.3 is 23.8 Å². The number of allylic oxidation sites excluding steroid dienone is 1. The van der Waals surface area contributed by atoms with Crippen molar-refractivity contribution < 1.29 is 13.9 Å². The van der Waals surface area contributed by atoms with Crippen molar-refractivity contribution in [1.82, 2.24) is 24.3 Å². The molecule has 8 nitrogen and oxygen atoms in total. The maximum atomic E-state index is 13.9. The summed E-state index contributed by atoms with van der Waals surface area (Å²) in [6, 6.07) is 13.5. The monoisotopic (exact) mass is 557 g/mol. The van der Waals surface area contributed by atoms with Crippen molar-refractivity contribution in [1.29, 1.82) is 0 Å². The van der Waals surface area contributed by atoms with Crippen molar-refractivity contribution in [3.8, 4) is 0 Å². The average Bonchev–Trinajstić information content (AvgIpc) is 2.98. The summed E-state index contributed by atoms with van der Waals surface area (Å²) in [6.45, 7) is 7.95. The summed E-state index contributed by atoms with van der Waals surface area (Å²) in [7, 11) is 2.13. The summed E-state index contributed by atoms with van der Waals surface area (Å²) >= 11 is 0. The van der Waals surface area contributed by atoms with Gasteiger partial charge in [-0.25, -0.2) is 4.39 Å². The Kier molecular flexibility index (Phi) is 6.79. The van der Waals surface area contributed by atoms with Crippen LogP contribution < -0.4 is 5.56 Å². The molecule has 7 rings (SSSR count). The van der Waals surface area contributed by atoms with Gasteiger partial charge in [0.1, 0.15) is 19.0 Å². The van der Waals surface area contributed by atoms with Gasteiger partial charge >= 0.3 is 0 Å². The van der Waals surface area contributed by atoms with E-state index in [0.29, 0.717) is 30.8 Å². The van der Waals surface area contributed by atoms with Crippen LogP contribution in [0.4, 0.5) is 4.39 Å². The molecule has 0 atom stereocenters. The number of piperidine rings is 1. The number of rotatable bonds is 5. The van der Waals surface area contributed by atoms with Crippen molar-refractivity contribution in [3.05, 3.63) is 99.3 Å². The summed E-state index contributed by atoms with van der Waals surface area (Å²) in [5.74, 6) is 1.39. The van der Waals surface area contributed by atoms with Gasteiger partial charge in [0.15, 0.2) is 11.5 Å². The molecule has 214 valence electrons. The predicted molar refractivity (Wildman–Crippen MR) is 155 cm³/mol. The van der Waals surface area contributed by atoms with Crippen molar-refractivity contribution >= 4 is 11.0 Å². The number of benzene rings is 1. The normalized spacial score (nSPS) is 20.8. The van der Waals surface area contributed by atoms with E-state index >= 15 is 0 Å². The standard InChI is InChI=1S/C32H36FN5O3/c1-35-21-30-29(40-14-15-41-30)17-25(35)20-37-19-23-4-2-3-5-26(23)32(22-37)8-10-36(11-9-32)12-13-38-28-16-24(33)18-34-27(28)6-7-31(38)39/h2-7,16-18H,8-15,19-22H2,1H3. The van der Waals surface area contributed by atoms with Crippen molar-refractivity contribution in [2.75, 3.05) is 59.5 Å². The molecule has 2 aromatic heterocycles. The number of likely N-dealkylation sites (tertiary alicyclic amines) is 1. The van der Waals surface area contributed by atoms with E-state index < -0.39 is 5.82 Å². The SMILES string of the molecule is CN1CC2=C(C=C1CN1Cc3ccccc3C3(CCN(CCn4c(=O)ccc5ncc(F)cc54)CC3)C1)OCCO2. The van der Waals surface area contributed by atoms with Crippen LogP contribution in [0, 0.1) is 5.82 Å². The zero-order chi connectivity index (χ0) is 28.0. The minimum Gasteiger partial charge on any atom is -0.489 e. The Morgan fingerprint density at radius 1 is 1.00 bits per heavy atom. The molecule has 0 unspecified atom stereocenters. The third kappa shape index (κ3) is 5.02. The number of fused-ring (bicyclic) bond motifs is 3. The quantitative estimate of drug-likeness (QED) is 0.476. The van der Waals surface area contributed by atoms with Gasteiger partial charge in [-0.1, -0.05) is 24.3 Å². The zero-order valence-electron chi connectivity index (χ0n) is 23.5. The Bertz CT molecular complexity index is 1590. The van der Waals surface area contributed by atoms with Crippen LogP contribution in [0.5, 0.6) is 0 Å². The largest absolute Gasteiger partial charge is 0.489 e. The first-order chi connectivity index (χ1) is 20.0. The van der Waals surface area contributed by atoms with Crippen molar-refractivity contribution in [2.45, 2.75) is 31.3 Å². The van der Waals surface area contributed by atoms with Crippen LogP contribution in [0.3, 0.4) is 0 Å². The average molecular weight is 558 g/mol. The van der Waals surface area contributed by atoms with Gasteiger partial charge in [0.25, 0.3) is 5.56 Å². The lowest BCUT2D eigenvalue weighted by molar-refractivity contribution is 0.0530. The number of hydrogen-bond donors (Lipinski definition) is 0. The van der Waals surface area contributed by atoms with E-state index in [9.17, 15) is 9.18 Å². The van der Waals surface area contributed by atoms with E-state index in [1.807, 2.05) is 0 Å². The van der Waals surface area contributed by atoms with Crippen molar-refractivity contribution in [3.63, 3.8) is 0 Å². The first kappa shape index (κ1) is 26.2. The third-order valence-corrected chi connectivity index (χ3v) is 9.21. The van der Waals surface area contributed by atoms with Gasteiger partial charge in [-0.05, 0) is 43.1 Å². The Hall–Kier alpha value is -3.69.